The molecule has 4 heterocycles. The SMILES string of the molecule is CCOc1cc(C(=O)N2CCC3(CC2)CC(=O)c2cc(-c4cnc(C)c(C(=O)O)c4)ccc2O3)cc2c1c(C)cn2C1CC1.[NaH]. The number of carboxylic acid groups (broad SMARTS) is 1. The summed E-state index contributed by atoms with van der Waals surface area (Å²) >= 11 is 0. The molecule has 0 radical (unpaired) electrons. The van der Waals surface area contributed by atoms with Gasteiger partial charge in [-0.2, -0.15) is 0 Å². The molecule has 45 heavy (non-hydrogen) atoms. The molecule has 1 N–H and O–H groups in total. The molecule has 3 aliphatic rings. The molecule has 228 valence electrons. The van der Waals surface area contributed by atoms with Gasteiger partial charge in [0.1, 0.15) is 17.1 Å². The quantitative estimate of drug-likeness (QED) is 0.275. The van der Waals surface area contributed by atoms with Crippen molar-refractivity contribution in [2.45, 2.75) is 64.5 Å². The number of carbonyl (C=O) groups excluding carboxylic acids is 2. The Kier molecular flexibility index (Phi) is 8.31. The van der Waals surface area contributed by atoms with Gasteiger partial charge in [-0.05, 0) is 75.1 Å². The van der Waals surface area contributed by atoms with Crippen molar-refractivity contribution in [3.05, 3.63) is 76.7 Å². The summed E-state index contributed by atoms with van der Waals surface area (Å²) in [6.07, 6.45) is 7.42. The molecule has 1 spiro atoms. The van der Waals surface area contributed by atoms with Crippen LogP contribution < -0.4 is 9.47 Å². The molecule has 0 unspecified atom stereocenters. The van der Waals surface area contributed by atoms with Crippen molar-refractivity contribution < 1.29 is 29.0 Å². The predicted octanol–water partition coefficient (Wildman–Crippen LogP) is 5.74. The number of carbonyl (C=O) groups is 3. The Morgan fingerprint density at radius 3 is 2.53 bits per heavy atom. The van der Waals surface area contributed by atoms with Gasteiger partial charge in [0.2, 0.25) is 0 Å². The van der Waals surface area contributed by atoms with Gasteiger partial charge in [-0.25, -0.2) is 4.79 Å². The third-order valence-corrected chi connectivity index (χ3v) is 9.28. The fourth-order valence-electron chi connectivity index (χ4n) is 6.75. The van der Waals surface area contributed by atoms with E-state index in [9.17, 15) is 19.5 Å². The van der Waals surface area contributed by atoms with Crippen LogP contribution in [-0.4, -0.2) is 92.1 Å². The number of Topliss-reactive ketones (excluding diaryl/α,β-unsaturated/α-hetero) is 1. The standard InChI is InChI=1S/C35H35N3O6.Na.H/c1-4-43-31-16-23(15-28-32(31)20(2)19-38(28)25-6-7-25)33(40)37-11-9-35(10-12-37)17-29(39)27-13-22(5-8-30(27)44-35)24-14-26(34(41)42)21(3)36-18-24;;/h5,8,13-16,18-19,25H,4,6-7,9-12,17H2,1-3H3,(H,41,42);;. The van der Waals surface area contributed by atoms with Gasteiger partial charge >= 0.3 is 35.5 Å². The Morgan fingerprint density at radius 1 is 1.09 bits per heavy atom. The molecular weight excluding hydrogens is 581 g/mol. The number of benzene rings is 2. The van der Waals surface area contributed by atoms with Gasteiger partial charge in [-0.3, -0.25) is 14.6 Å². The normalized spacial score (nSPS) is 17.0. The van der Waals surface area contributed by atoms with E-state index in [-0.39, 0.29) is 53.2 Å². The molecule has 2 aromatic heterocycles. The number of aromatic carboxylic acids is 1. The molecule has 1 aliphatic carbocycles. The number of ketones is 1. The molecule has 1 saturated carbocycles. The molecule has 2 aliphatic heterocycles. The van der Waals surface area contributed by atoms with Crippen molar-refractivity contribution >= 4 is 58.1 Å². The molecule has 0 bridgehead atoms. The average molecular weight is 618 g/mol. The topological polar surface area (TPSA) is 111 Å². The first-order valence-electron chi connectivity index (χ1n) is 15.3. The van der Waals surface area contributed by atoms with E-state index in [1.54, 1.807) is 31.3 Å². The van der Waals surface area contributed by atoms with Gasteiger partial charge in [0.25, 0.3) is 5.91 Å². The summed E-state index contributed by atoms with van der Waals surface area (Å²) in [4.78, 5) is 44.9. The van der Waals surface area contributed by atoms with Crippen LogP contribution >= 0.6 is 0 Å². The number of hydrogen-bond acceptors (Lipinski definition) is 6. The minimum absolute atomic E-state index is 0. The van der Waals surface area contributed by atoms with Crippen LogP contribution in [0.5, 0.6) is 11.5 Å². The number of fused-ring (bicyclic) bond motifs is 2. The van der Waals surface area contributed by atoms with Gasteiger partial charge in [0.15, 0.2) is 5.78 Å². The first-order chi connectivity index (χ1) is 21.2. The number of hydrogen-bond donors (Lipinski definition) is 1. The summed E-state index contributed by atoms with van der Waals surface area (Å²) in [5, 5.41) is 10.6. The maximum absolute atomic E-state index is 13.8. The molecular formula is C35H36N3NaO6. The summed E-state index contributed by atoms with van der Waals surface area (Å²) in [6.45, 7) is 7.19. The third kappa shape index (κ3) is 5.66. The zero-order valence-electron chi connectivity index (χ0n) is 25.2. The predicted molar refractivity (Wildman–Crippen MR) is 172 cm³/mol. The van der Waals surface area contributed by atoms with Crippen molar-refractivity contribution in [2.24, 2.45) is 0 Å². The van der Waals surface area contributed by atoms with Crippen LogP contribution in [0.2, 0.25) is 0 Å². The van der Waals surface area contributed by atoms with Gasteiger partial charge in [0.05, 0.1) is 35.4 Å². The Labute approximate surface area is 283 Å². The van der Waals surface area contributed by atoms with E-state index < -0.39 is 11.6 Å². The number of rotatable bonds is 6. The summed E-state index contributed by atoms with van der Waals surface area (Å²) in [7, 11) is 0. The van der Waals surface area contributed by atoms with Gasteiger partial charge in [-0.1, -0.05) is 6.07 Å². The fraction of sp³-hybridized carbons (Fsp3) is 0.371. The van der Waals surface area contributed by atoms with E-state index in [1.807, 2.05) is 30.0 Å². The van der Waals surface area contributed by atoms with Gasteiger partial charge in [-0.15, -0.1) is 0 Å². The minimum atomic E-state index is -1.04. The van der Waals surface area contributed by atoms with Gasteiger partial charge in [0, 0.05) is 60.9 Å². The summed E-state index contributed by atoms with van der Waals surface area (Å²) in [5.74, 6) is 0.167. The number of likely N-dealkylation sites (tertiary alicyclic amines) is 1. The number of aromatic nitrogens is 2. The van der Waals surface area contributed by atoms with Crippen LogP contribution in [-0.2, 0) is 0 Å². The van der Waals surface area contributed by atoms with Crippen molar-refractivity contribution in [2.75, 3.05) is 19.7 Å². The zero-order chi connectivity index (χ0) is 30.7. The van der Waals surface area contributed by atoms with Crippen molar-refractivity contribution in [1.29, 1.82) is 0 Å². The van der Waals surface area contributed by atoms with Crippen molar-refractivity contribution in [3.63, 3.8) is 0 Å². The molecule has 10 heteroatoms. The third-order valence-electron chi connectivity index (χ3n) is 9.28. The van der Waals surface area contributed by atoms with E-state index in [4.69, 9.17) is 9.47 Å². The van der Waals surface area contributed by atoms with Gasteiger partial charge < -0.3 is 24.0 Å². The second kappa shape index (κ2) is 11.9. The molecule has 0 atom stereocenters. The number of pyridine rings is 1. The van der Waals surface area contributed by atoms with E-state index in [0.717, 1.165) is 35.1 Å². The first kappa shape index (κ1) is 31.3. The van der Waals surface area contributed by atoms with Crippen LogP contribution in [0.3, 0.4) is 0 Å². The summed E-state index contributed by atoms with van der Waals surface area (Å²) < 4.78 is 14.8. The maximum atomic E-state index is 13.8. The molecule has 7 rings (SSSR count). The monoisotopic (exact) mass is 617 g/mol. The summed E-state index contributed by atoms with van der Waals surface area (Å²) in [5.41, 5.74) is 4.53. The molecule has 4 aromatic rings. The molecule has 2 fully saturated rings. The summed E-state index contributed by atoms with van der Waals surface area (Å²) in [6, 6.07) is 11.3. The zero-order valence-corrected chi connectivity index (χ0v) is 25.2. The Balaban J connectivity index is 0.00000357. The number of amides is 1. The van der Waals surface area contributed by atoms with Crippen LogP contribution in [0.1, 0.15) is 87.4 Å². The first-order valence-corrected chi connectivity index (χ1v) is 15.3. The molecule has 2 aromatic carbocycles. The van der Waals surface area contributed by atoms with E-state index in [2.05, 4.69) is 22.7 Å². The number of piperidine rings is 1. The van der Waals surface area contributed by atoms with Crippen LogP contribution in [0.4, 0.5) is 0 Å². The number of nitrogens with zero attached hydrogens (tertiary/aromatic N) is 3. The molecule has 1 saturated heterocycles. The van der Waals surface area contributed by atoms with E-state index in [0.29, 0.717) is 72.3 Å². The number of aryl methyl sites for hydroxylation is 2. The molecule has 9 nitrogen and oxygen atoms in total. The Morgan fingerprint density at radius 2 is 1.84 bits per heavy atom. The number of carboxylic acids is 1. The van der Waals surface area contributed by atoms with Crippen molar-refractivity contribution in [1.82, 2.24) is 14.5 Å². The second-order valence-corrected chi connectivity index (χ2v) is 12.3. The Hall–Kier alpha value is -3.66. The molecule has 1 amide bonds. The van der Waals surface area contributed by atoms with Crippen molar-refractivity contribution in [3.8, 4) is 22.6 Å². The van der Waals surface area contributed by atoms with Crippen LogP contribution in [0, 0.1) is 13.8 Å². The fourth-order valence-corrected chi connectivity index (χ4v) is 6.75. The van der Waals surface area contributed by atoms with E-state index >= 15 is 0 Å². The number of ether oxygens (including phenoxy) is 2. The second-order valence-electron chi connectivity index (χ2n) is 12.3. The van der Waals surface area contributed by atoms with Crippen LogP contribution in [0.15, 0.2) is 48.8 Å². The Bertz CT molecular complexity index is 1850. The average Bonchev–Trinajstić information content (AvgIpc) is 3.80. The van der Waals surface area contributed by atoms with E-state index in [1.165, 1.54) is 0 Å². The van der Waals surface area contributed by atoms with Crippen LogP contribution in [0.25, 0.3) is 22.0 Å².